The Morgan fingerprint density at radius 3 is 2.17 bits per heavy atom. The number of ether oxygens (including phenoxy) is 4. The van der Waals surface area contributed by atoms with Crippen LogP contribution in [0.15, 0.2) is 12.2 Å². The molecule has 2 heterocycles. The van der Waals surface area contributed by atoms with Gasteiger partial charge >= 0.3 is 5.97 Å². The molecule has 2 saturated heterocycles. The van der Waals surface area contributed by atoms with Gasteiger partial charge < -0.3 is 54.7 Å². The summed E-state index contributed by atoms with van der Waals surface area (Å²) in [5.41, 5.74) is -1.24. The number of aliphatic hydroxyl groups excluding tert-OH is 6. The van der Waals surface area contributed by atoms with E-state index in [0.717, 1.165) is 44.1 Å². The van der Waals surface area contributed by atoms with E-state index in [1.165, 1.54) is 0 Å². The zero-order chi connectivity index (χ0) is 34.3. The minimum atomic E-state index is -1.84. The third kappa shape index (κ3) is 5.17. The van der Waals surface area contributed by atoms with Crippen LogP contribution in [0.5, 0.6) is 0 Å². The number of carbonyl (C=O) groups excluding carboxylic acids is 1. The Hall–Kier alpha value is -1.27. The van der Waals surface area contributed by atoms with Crippen LogP contribution in [0.3, 0.4) is 0 Å². The van der Waals surface area contributed by atoms with E-state index in [0.29, 0.717) is 12.8 Å². The van der Waals surface area contributed by atoms with E-state index in [9.17, 15) is 45.8 Å². The number of esters is 1. The molecular weight excluding hydrogens is 620 g/mol. The highest BCUT2D eigenvalue weighted by Crippen LogP contribution is 2.74. The van der Waals surface area contributed by atoms with Gasteiger partial charge in [-0.3, -0.25) is 10.1 Å². The predicted octanol–water partition coefficient (Wildman–Crippen LogP) is -0.0190. The highest BCUT2D eigenvalue weighted by atomic mass is 17.1. The molecule has 6 fully saturated rings. The topological polar surface area (TPSA) is 225 Å². The van der Waals surface area contributed by atoms with Crippen molar-refractivity contribution in [2.75, 3.05) is 13.2 Å². The van der Waals surface area contributed by atoms with Gasteiger partial charge in [0.2, 0.25) is 6.29 Å². The van der Waals surface area contributed by atoms with Crippen LogP contribution >= 0.6 is 0 Å². The first kappa shape index (κ1) is 35.6. The van der Waals surface area contributed by atoms with E-state index in [2.05, 4.69) is 25.3 Å². The molecule has 2 bridgehead atoms. The van der Waals surface area contributed by atoms with Gasteiger partial charge in [0, 0.05) is 0 Å². The fraction of sp³-hybridized carbons (Fsp3) is 0.909. The maximum atomic E-state index is 14.4. The molecule has 0 aromatic carbocycles. The summed E-state index contributed by atoms with van der Waals surface area (Å²) in [7, 11) is 0. The zero-order valence-electron chi connectivity index (χ0n) is 27.3. The summed E-state index contributed by atoms with van der Waals surface area (Å²) in [6.07, 6.45) is -10.3. The van der Waals surface area contributed by atoms with Gasteiger partial charge in [-0.05, 0) is 86.0 Å². The highest BCUT2D eigenvalue weighted by molar-refractivity contribution is 5.77. The van der Waals surface area contributed by atoms with Crippen molar-refractivity contribution in [2.45, 2.75) is 139 Å². The molecule has 4 aliphatic carbocycles. The minimum absolute atomic E-state index is 0.0624. The van der Waals surface area contributed by atoms with Gasteiger partial charge in [-0.15, -0.1) is 0 Å². The fourth-order valence-electron chi connectivity index (χ4n) is 11.0. The molecule has 14 nitrogen and oxygen atoms in total. The van der Waals surface area contributed by atoms with Gasteiger partial charge in [0.05, 0.1) is 24.2 Å². The van der Waals surface area contributed by atoms with E-state index in [-0.39, 0.29) is 28.6 Å². The Kier molecular flexibility index (Phi) is 9.45. The van der Waals surface area contributed by atoms with E-state index < -0.39 is 91.6 Å². The molecule has 0 amide bonds. The SMILES string of the molecule is C=C1C[C@@]23CCC4[C@](C)(C(=O)OC5OC(CO)C(O)C(OO)C5OC5OC(CO)C(O)C(O)C5O)CCC[C@@]4(C)[C@@H]2CCC1(O)[C@@H]3C. The first-order valence-corrected chi connectivity index (χ1v) is 16.9. The molecule has 268 valence electrons. The Morgan fingerprint density at radius 2 is 1.51 bits per heavy atom. The number of aliphatic hydroxyl groups is 7. The number of hydrogen-bond donors (Lipinski definition) is 8. The van der Waals surface area contributed by atoms with Crippen molar-refractivity contribution >= 4 is 5.97 Å². The Balaban J connectivity index is 1.27. The molecule has 47 heavy (non-hydrogen) atoms. The first-order chi connectivity index (χ1) is 22.1. The summed E-state index contributed by atoms with van der Waals surface area (Å²) in [6, 6.07) is 0. The van der Waals surface area contributed by atoms with Crippen LogP contribution in [0.2, 0.25) is 0 Å². The largest absolute Gasteiger partial charge is 0.432 e. The summed E-state index contributed by atoms with van der Waals surface area (Å²) in [6.45, 7) is 9.13. The molecule has 6 rings (SSSR count). The van der Waals surface area contributed by atoms with Crippen LogP contribution in [0, 0.1) is 34.0 Å². The average Bonchev–Trinajstić information content (AvgIpc) is 3.13. The maximum Gasteiger partial charge on any atom is 0.314 e. The minimum Gasteiger partial charge on any atom is -0.432 e. The third-order valence-corrected chi connectivity index (χ3v) is 13.7. The summed E-state index contributed by atoms with van der Waals surface area (Å²) in [5.74, 6) is -0.341. The van der Waals surface area contributed by atoms with Gasteiger partial charge in [0.25, 0.3) is 0 Å². The molecule has 6 aliphatic rings. The summed E-state index contributed by atoms with van der Waals surface area (Å²) in [4.78, 5) is 19.0. The van der Waals surface area contributed by atoms with Gasteiger partial charge in [0.15, 0.2) is 18.5 Å². The van der Waals surface area contributed by atoms with Crippen molar-refractivity contribution in [3.05, 3.63) is 12.2 Å². The van der Waals surface area contributed by atoms with Crippen molar-refractivity contribution in [2.24, 2.45) is 34.0 Å². The fourth-order valence-corrected chi connectivity index (χ4v) is 11.0. The predicted molar refractivity (Wildman–Crippen MR) is 160 cm³/mol. The molecular formula is C33H52O14. The molecule has 17 atom stereocenters. The van der Waals surface area contributed by atoms with Gasteiger partial charge in [0.1, 0.15) is 36.6 Å². The van der Waals surface area contributed by atoms with Gasteiger partial charge in [-0.2, -0.15) is 0 Å². The monoisotopic (exact) mass is 672 g/mol. The Bertz CT molecular complexity index is 1200. The highest BCUT2D eigenvalue weighted by Gasteiger charge is 2.70. The van der Waals surface area contributed by atoms with Gasteiger partial charge in [-0.1, -0.05) is 26.8 Å². The van der Waals surface area contributed by atoms with Gasteiger partial charge in [-0.25, -0.2) is 4.89 Å². The maximum absolute atomic E-state index is 14.4. The lowest BCUT2D eigenvalue weighted by Crippen LogP contribution is -2.66. The second-order valence-corrected chi connectivity index (χ2v) is 15.6. The molecule has 0 radical (unpaired) electrons. The molecule has 2 aliphatic heterocycles. The summed E-state index contributed by atoms with van der Waals surface area (Å²) in [5, 5.41) is 82.8. The average molecular weight is 673 g/mol. The van der Waals surface area contributed by atoms with E-state index in [1.54, 1.807) is 0 Å². The number of rotatable bonds is 7. The standard InChI is InChI=1S/C33H52O14/c1-15-12-32-10-6-19-30(3,20(32)7-11-33(15,41)16(32)2)8-5-9-31(19,4)29(40)46-28-26(25(47-42)22(37)18(14-35)44-28)45-27-24(39)23(38)21(36)17(13-34)43-27/h16-28,34-39,41-42H,1,5-14H2,2-4H3/t16-,17?,18?,19?,20+,21?,22?,23?,24?,25?,26?,27?,28?,30-,31-,32-,33?/m1/s1. The van der Waals surface area contributed by atoms with Crippen LogP contribution in [0.1, 0.15) is 72.1 Å². The van der Waals surface area contributed by atoms with Crippen molar-refractivity contribution < 1.29 is 69.6 Å². The smallest absolute Gasteiger partial charge is 0.314 e. The molecule has 12 unspecified atom stereocenters. The van der Waals surface area contributed by atoms with E-state index >= 15 is 0 Å². The Labute approximate surface area is 274 Å². The lowest BCUT2D eigenvalue weighted by atomic mass is 9.39. The van der Waals surface area contributed by atoms with E-state index in [1.807, 2.05) is 6.92 Å². The quantitative estimate of drug-likeness (QED) is 0.0771. The van der Waals surface area contributed by atoms with Crippen molar-refractivity contribution in [1.29, 1.82) is 0 Å². The summed E-state index contributed by atoms with van der Waals surface area (Å²) >= 11 is 0. The number of hydrogen-bond acceptors (Lipinski definition) is 14. The van der Waals surface area contributed by atoms with Crippen LogP contribution in [0.25, 0.3) is 0 Å². The zero-order valence-corrected chi connectivity index (χ0v) is 27.3. The van der Waals surface area contributed by atoms with Crippen LogP contribution in [-0.4, -0.2) is 127 Å². The molecule has 14 heteroatoms. The second-order valence-electron chi connectivity index (χ2n) is 15.6. The van der Waals surface area contributed by atoms with Crippen molar-refractivity contribution in [1.82, 2.24) is 0 Å². The van der Waals surface area contributed by atoms with Crippen molar-refractivity contribution in [3.8, 4) is 0 Å². The molecule has 0 aromatic rings. The summed E-state index contributed by atoms with van der Waals surface area (Å²) < 4.78 is 23.1. The van der Waals surface area contributed by atoms with Crippen LogP contribution < -0.4 is 0 Å². The number of carbonyl (C=O) groups is 1. The number of fused-ring (bicyclic) bond motifs is 3. The lowest BCUT2D eigenvalue weighted by molar-refractivity contribution is -0.405. The molecule has 0 aromatic heterocycles. The Morgan fingerprint density at radius 1 is 0.872 bits per heavy atom. The molecule has 4 saturated carbocycles. The van der Waals surface area contributed by atoms with Crippen molar-refractivity contribution in [3.63, 3.8) is 0 Å². The second kappa shape index (κ2) is 12.5. The van der Waals surface area contributed by atoms with E-state index in [4.69, 9.17) is 18.9 Å². The van der Waals surface area contributed by atoms with Crippen LogP contribution in [0.4, 0.5) is 0 Å². The molecule has 1 spiro atoms. The molecule has 8 N–H and O–H groups in total. The lowest BCUT2D eigenvalue weighted by Gasteiger charge is -2.65. The normalized spacial score (nSPS) is 54.4. The van der Waals surface area contributed by atoms with Crippen LogP contribution in [-0.2, 0) is 28.6 Å². The first-order valence-electron chi connectivity index (χ1n) is 16.9. The third-order valence-electron chi connectivity index (χ3n) is 13.7.